The van der Waals surface area contributed by atoms with Gasteiger partial charge in [-0.05, 0) is 24.8 Å². The van der Waals surface area contributed by atoms with Crippen LogP contribution in [0.4, 0.5) is 5.82 Å². The lowest BCUT2D eigenvalue weighted by molar-refractivity contribution is 0.176. The van der Waals surface area contributed by atoms with Crippen LogP contribution in [0.25, 0.3) is 0 Å². The average Bonchev–Trinajstić information content (AvgIpc) is 3.25. The van der Waals surface area contributed by atoms with Gasteiger partial charge in [-0.25, -0.2) is 9.97 Å². The normalized spacial score (nSPS) is 21.2. The molecule has 1 fully saturated rings. The zero-order valence-electron chi connectivity index (χ0n) is 14.3. The van der Waals surface area contributed by atoms with Crippen molar-refractivity contribution >= 4 is 5.82 Å². The molecule has 1 atom stereocenters. The fourth-order valence-corrected chi connectivity index (χ4v) is 4.09. The highest BCUT2D eigenvalue weighted by Crippen LogP contribution is 2.31. The molecule has 1 unspecified atom stereocenters. The molecule has 6 nitrogen and oxygen atoms in total. The number of anilines is 1. The highest BCUT2D eigenvalue weighted by molar-refractivity contribution is 5.42. The molecule has 1 aliphatic carbocycles. The molecular formula is C18H25N5O. The Kier molecular flexibility index (Phi) is 4.47. The van der Waals surface area contributed by atoms with Crippen LogP contribution in [0.15, 0.2) is 24.8 Å². The molecule has 1 saturated carbocycles. The van der Waals surface area contributed by atoms with Gasteiger partial charge in [0.25, 0.3) is 0 Å². The monoisotopic (exact) mass is 327 g/mol. The number of methoxy groups -OCH3 is 1. The molecule has 0 aromatic carbocycles. The van der Waals surface area contributed by atoms with Gasteiger partial charge in [0.05, 0.1) is 12.3 Å². The molecule has 2 aromatic rings. The molecular weight excluding hydrogens is 302 g/mol. The minimum atomic E-state index is 0.290. The summed E-state index contributed by atoms with van der Waals surface area (Å²) in [4.78, 5) is 10.7. The summed E-state index contributed by atoms with van der Waals surface area (Å²) >= 11 is 0. The van der Waals surface area contributed by atoms with Crippen LogP contribution in [0.1, 0.15) is 42.9 Å². The van der Waals surface area contributed by atoms with E-state index >= 15 is 0 Å². The van der Waals surface area contributed by atoms with Crippen molar-refractivity contribution in [2.45, 2.75) is 44.7 Å². The predicted octanol–water partition coefficient (Wildman–Crippen LogP) is 2.61. The molecule has 2 aromatic heterocycles. The molecule has 6 heteroatoms. The van der Waals surface area contributed by atoms with E-state index < -0.39 is 0 Å². The second-order valence-corrected chi connectivity index (χ2v) is 7.01. The summed E-state index contributed by atoms with van der Waals surface area (Å²) in [7, 11) is 1.76. The summed E-state index contributed by atoms with van der Waals surface area (Å²) in [6.07, 6.45) is 11.1. The largest absolute Gasteiger partial charge is 0.384 e. The van der Waals surface area contributed by atoms with Crippen LogP contribution in [0, 0.1) is 5.92 Å². The summed E-state index contributed by atoms with van der Waals surface area (Å²) in [5.74, 6) is 2.06. The van der Waals surface area contributed by atoms with Crippen LogP contribution in [-0.4, -0.2) is 40.0 Å². The lowest BCUT2D eigenvalue weighted by Crippen LogP contribution is -2.35. The quantitative estimate of drug-likeness (QED) is 0.845. The van der Waals surface area contributed by atoms with Gasteiger partial charge >= 0.3 is 0 Å². The Balaban J connectivity index is 1.57. The van der Waals surface area contributed by atoms with E-state index in [1.165, 1.54) is 36.9 Å². The standard InChI is InChI=1S/C18H25N5O/c1-24-12-16-10-22(17-6-7-19-13-20-17)9-15-11-23(21-18(15)16)8-14-4-2-3-5-14/h6-7,11,13-14,16H,2-5,8-10,12H2,1H3. The van der Waals surface area contributed by atoms with Crippen molar-refractivity contribution in [1.29, 1.82) is 0 Å². The minimum Gasteiger partial charge on any atom is -0.384 e. The molecule has 0 radical (unpaired) electrons. The summed E-state index contributed by atoms with van der Waals surface area (Å²) in [5, 5.41) is 4.92. The van der Waals surface area contributed by atoms with Crippen LogP contribution in [0.5, 0.6) is 0 Å². The molecule has 3 heterocycles. The van der Waals surface area contributed by atoms with E-state index in [1.54, 1.807) is 19.6 Å². The Morgan fingerprint density at radius 1 is 1.29 bits per heavy atom. The third-order valence-electron chi connectivity index (χ3n) is 5.24. The smallest absolute Gasteiger partial charge is 0.132 e. The first-order valence-corrected chi connectivity index (χ1v) is 8.89. The summed E-state index contributed by atoms with van der Waals surface area (Å²) in [6.45, 7) is 3.49. The molecule has 0 spiro atoms. The molecule has 0 N–H and O–H groups in total. The van der Waals surface area contributed by atoms with E-state index in [4.69, 9.17) is 9.84 Å². The molecule has 1 aliphatic heterocycles. The van der Waals surface area contributed by atoms with Crippen LogP contribution in [0.3, 0.4) is 0 Å². The van der Waals surface area contributed by atoms with Gasteiger partial charge in [0.2, 0.25) is 0 Å². The molecule has 4 rings (SSSR count). The number of nitrogens with zero attached hydrogens (tertiary/aromatic N) is 5. The van der Waals surface area contributed by atoms with Crippen molar-refractivity contribution in [3.05, 3.63) is 36.0 Å². The number of ether oxygens (including phenoxy) is 1. The number of hydrogen-bond acceptors (Lipinski definition) is 5. The number of fused-ring (bicyclic) bond motifs is 1. The Bertz CT molecular complexity index is 665. The number of rotatable bonds is 5. The van der Waals surface area contributed by atoms with E-state index in [1.807, 2.05) is 6.07 Å². The maximum Gasteiger partial charge on any atom is 0.132 e. The van der Waals surface area contributed by atoms with Gasteiger partial charge < -0.3 is 9.64 Å². The first-order valence-electron chi connectivity index (χ1n) is 8.89. The third kappa shape index (κ3) is 3.15. The Labute approximate surface area is 142 Å². The highest BCUT2D eigenvalue weighted by atomic mass is 16.5. The second kappa shape index (κ2) is 6.89. The molecule has 2 aliphatic rings. The van der Waals surface area contributed by atoms with Crippen LogP contribution >= 0.6 is 0 Å². The van der Waals surface area contributed by atoms with E-state index in [9.17, 15) is 0 Å². The van der Waals surface area contributed by atoms with Crippen molar-refractivity contribution in [1.82, 2.24) is 19.7 Å². The molecule has 128 valence electrons. The van der Waals surface area contributed by atoms with Gasteiger partial charge in [0.15, 0.2) is 0 Å². The topological polar surface area (TPSA) is 56.1 Å². The van der Waals surface area contributed by atoms with Crippen LogP contribution in [-0.2, 0) is 17.8 Å². The molecule has 24 heavy (non-hydrogen) atoms. The molecule has 0 saturated heterocycles. The van der Waals surface area contributed by atoms with E-state index in [-0.39, 0.29) is 0 Å². The zero-order chi connectivity index (χ0) is 16.4. The Hall–Kier alpha value is -1.95. The van der Waals surface area contributed by atoms with E-state index in [0.717, 1.165) is 31.4 Å². The third-order valence-corrected chi connectivity index (χ3v) is 5.24. The lowest BCUT2D eigenvalue weighted by atomic mass is 9.97. The average molecular weight is 327 g/mol. The predicted molar refractivity (Wildman–Crippen MR) is 91.9 cm³/mol. The second-order valence-electron chi connectivity index (χ2n) is 7.01. The van der Waals surface area contributed by atoms with Gasteiger partial charge in [-0.15, -0.1) is 0 Å². The lowest BCUT2D eigenvalue weighted by Gasteiger charge is -2.32. The number of hydrogen-bond donors (Lipinski definition) is 0. The minimum absolute atomic E-state index is 0.290. The van der Waals surface area contributed by atoms with Crippen molar-refractivity contribution in [2.24, 2.45) is 5.92 Å². The summed E-state index contributed by atoms with van der Waals surface area (Å²) < 4.78 is 7.63. The maximum atomic E-state index is 5.46. The van der Waals surface area contributed by atoms with Crippen molar-refractivity contribution in [3.63, 3.8) is 0 Å². The van der Waals surface area contributed by atoms with Crippen molar-refractivity contribution in [3.8, 4) is 0 Å². The molecule has 0 amide bonds. The first kappa shape index (κ1) is 15.6. The maximum absolute atomic E-state index is 5.46. The van der Waals surface area contributed by atoms with Gasteiger partial charge in [-0.1, -0.05) is 12.8 Å². The fourth-order valence-electron chi connectivity index (χ4n) is 4.09. The number of aromatic nitrogens is 4. The highest BCUT2D eigenvalue weighted by Gasteiger charge is 2.29. The SMILES string of the molecule is COCC1CN(c2ccncn2)Cc2cn(CC3CCCC3)nc21. The molecule has 0 bridgehead atoms. The fraction of sp³-hybridized carbons (Fsp3) is 0.611. The van der Waals surface area contributed by atoms with Crippen LogP contribution < -0.4 is 4.90 Å². The van der Waals surface area contributed by atoms with Crippen molar-refractivity contribution < 1.29 is 4.74 Å². The van der Waals surface area contributed by atoms with Gasteiger partial charge in [0, 0.05) is 50.6 Å². The summed E-state index contributed by atoms with van der Waals surface area (Å²) in [6, 6.07) is 1.97. The van der Waals surface area contributed by atoms with E-state index in [0.29, 0.717) is 12.5 Å². The van der Waals surface area contributed by atoms with Crippen molar-refractivity contribution in [2.75, 3.05) is 25.2 Å². The Morgan fingerprint density at radius 3 is 2.92 bits per heavy atom. The summed E-state index contributed by atoms with van der Waals surface area (Å²) in [5.41, 5.74) is 2.51. The van der Waals surface area contributed by atoms with Gasteiger partial charge in [0.1, 0.15) is 12.1 Å². The van der Waals surface area contributed by atoms with Crippen LogP contribution in [0.2, 0.25) is 0 Å². The van der Waals surface area contributed by atoms with Gasteiger partial charge in [-0.3, -0.25) is 4.68 Å². The van der Waals surface area contributed by atoms with Gasteiger partial charge in [-0.2, -0.15) is 5.10 Å². The Morgan fingerprint density at radius 2 is 2.17 bits per heavy atom. The first-order chi connectivity index (χ1) is 11.8. The van der Waals surface area contributed by atoms with E-state index in [2.05, 4.69) is 25.7 Å². The zero-order valence-corrected chi connectivity index (χ0v) is 14.3.